The predicted molar refractivity (Wildman–Crippen MR) is 114 cm³/mol. The Morgan fingerprint density at radius 1 is 0.929 bits per heavy atom. The molecule has 1 fully saturated rings. The van der Waals surface area contributed by atoms with Crippen molar-refractivity contribution in [1.82, 2.24) is 9.80 Å². The van der Waals surface area contributed by atoms with E-state index in [1.807, 2.05) is 41.3 Å². The van der Waals surface area contributed by atoms with Gasteiger partial charge in [0.2, 0.25) is 0 Å². The van der Waals surface area contributed by atoms with Crippen LogP contribution in [0.25, 0.3) is 0 Å². The molecular weight excluding hydrogens is 348 g/mol. The van der Waals surface area contributed by atoms with Crippen LogP contribution in [-0.4, -0.2) is 48.9 Å². The molecule has 3 rings (SSSR count). The molecule has 0 saturated carbocycles. The average molecular weight is 381 g/mol. The first kappa shape index (κ1) is 20.4. The molecule has 1 amide bonds. The second-order valence-electron chi connectivity index (χ2n) is 8.71. The molecule has 4 nitrogen and oxygen atoms in total. The van der Waals surface area contributed by atoms with Crippen LogP contribution in [0.3, 0.4) is 0 Å². The summed E-state index contributed by atoms with van der Waals surface area (Å²) in [7, 11) is 2.11. The zero-order chi connectivity index (χ0) is 20.1. The number of ether oxygens (including phenoxy) is 1. The SMILES string of the molecule is CN1CCCN(C(=O)c2ccc(COc3ccc(C(C)(C)C)cc3)cc2)CC1. The van der Waals surface area contributed by atoms with Crippen molar-refractivity contribution in [2.24, 2.45) is 0 Å². The van der Waals surface area contributed by atoms with Gasteiger partial charge in [0.1, 0.15) is 12.4 Å². The molecule has 1 aliphatic rings. The number of nitrogens with zero attached hydrogens (tertiary/aromatic N) is 2. The maximum atomic E-state index is 12.7. The van der Waals surface area contributed by atoms with Crippen molar-refractivity contribution < 1.29 is 9.53 Å². The minimum Gasteiger partial charge on any atom is -0.489 e. The molecule has 0 unspecified atom stereocenters. The lowest BCUT2D eigenvalue weighted by Crippen LogP contribution is -2.34. The van der Waals surface area contributed by atoms with E-state index >= 15 is 0 Å². The van der Waals surface area contributed by atoms with Gasteiger partial charge in [0, 0.05) is 25.2 Å². The van der Waals surface area contributed by atoms with Gasteiger partial charge in [0.25, 0.3) is 5.91 Å². The van der Waals surface area contributed by atoms with Crippen LogP contribution in [0.4, 0.5) is 0 Å². The number of carbonyl (C=O) groups is 1. The molecule has 0 radical (unpaired) electrons. The normalized spacial score (nSPS) is 15.9. The third kappa shape index (κ3) is 5.35. The van der Waals surface area contributed by atoms with Crippen molar-refractivity contribution in [3.05, 3.63) is 65.2 Å². The van der Waals surface area contributed by atoms with Gasteiger partial charge in [-0.15, -0.1) is 0 Å². The summed E-state index contributed by atoms with van der Waals surface area (Å²) >= 11 is 0. The summed E-state index contributed by atoms with van der Waals surface area (Å²) in [6.45, 7) is 10.7. The number of carbonyl (C=O) groups excluding carboxylic acids is 1. The first-order valence-corrected chi connectivity index (χ1v) is 10.1. The minimum absolute atomic E-state index is 0.125. The van der Waals surface area contributed by atoms with Gasteiger partial charge in [0.15, 0.2) is 0 Å². The second-order valence-corrected chi connectivity index (χ2v) is 8.71. The number of benzene rings is 2. The second kappa shape index (κ2) is 8.78. The molecule has 0 aromatic heterocycles. The molecule has 0 atom stereocenters. The van der Waals surface area contributed by atoms with Crippen LogP contribution in [0.2, 0.25) is 0 Å². The zero-order valence-electron chi connectivity index (χ0n) is 17.6. The highest BCUT2D eigenvalue weighted by Gasteiger charge is 2.18. The lowest BCUT2D eigenvalue weighted by atomic mass is 9.87. The van der Waals surface area contributed by atoms with E-state index in [4.69, 9.17) is 4.74 Å². The maximum Gasteiger partial charge on any atom is 0.253 e. The monoisotopic (exact) mass is 380 g/mol. The van der Waals surface area contributed by atoms with Gasteiger partial charge in [0.05, 0.1) is 0 Å². The summed E-state index contributed by atoms with van der Waals surface area (Å²) in [5.41, 5.74) is 3.25. The molecule has 0 spiro atoms. The molecule has 28 heavy (non-hydrogen) atoms. The van der Waals surface area contributed by atoms with E-state index < -0.39 is 0 Å². The fourth-order valence-electron chi connectivity index (χ4n) is 3.39. The quantitative estimate of drug-likeness (QED) is 0.791. The molecule has 4 heteroatoms. The van der Waals surface area contributed by atoms with Gasteiger partial charge < -0.3 is 14.5 Å². The van der Waals surface area contributed by atoms with Crippen LogP contribution in [-0.2, 0) is 12.0 Å². The Bertz CT molecular complexity index is 776. The topological polar surface area (TPSA) is 32.8 Å². The smallest absolute Gasteiger partial charge is 0.253 e. The van der Waals surface area contributed by atoms with Gasteiger partial charge in [-0.2, -0.15) is 0 Å². The van der Waals surface area contributed by atoms with E-state index in [0.717, 1.165) is 49.5 Å². The van der Waals surface area contributed by atoms with Crippen LogP contribution < -0.4 is 4.74 Å². The highest BCUT2D eigenvalue weighted by atomic mass is 16.5. The van der Waals surface area contributed by atoms with Crippen LogP contribution in [0.15, 0.2) is 48.5 Å². The molecule has 0 bridgehead atoms. The zero-order valence-corrected chi connectivity index (χ0v) is 17.6. The van der Waals surface area contributed by atoms with E-state index in [2.05, 4.69) is 44.9 Å². The molecule has 150 valence electrons. The summed E-state index contributed by atoms with van der Waals surface area (Å²) < 4.78 is 5.90. The van der Waals surface area contributed by atoms with E-state index in [-0.39, 0.29) is 11.3 Å². The highest BCUT2D eigenvalue weighted by Crippen LogP contribution is 2.24. The summed E-state index contributed by atoms with van der Waals surface area (Å²) in [6.07, 6.45) is 1.03. The van der Waals surface area contributed by atoms with Gasteiger partial charge in [-0.25, -0.2) is 0 Å². The van der Waals surface area contributed by atoms with E-state index in [0.29, 0.717) is 6.61 Å². The Balaban J connectivity index is 1.56. The Morgan fingerprint density at radius 2 is 1.61 bits per heavy atom. The molecule has 1 saturated heterocycles. The number of hydrogen-bond donors (Lipinski definition) is 0. The van der Waals surface area contributed by atoms with E-state index in [1.54, 1.807) is 0 Å². The van der Waals surface area contributed by atoms with Crippen molar-refractivity contribution >= 4 is 5.91 Å². The third-order valence-electron chi connectivity index (χ3n) is 5.33. The van der Waals surface area contributed by atoms with Crippen molar-refractivity contribution in [3.8, 4) is 5.75 Å². The summed E-state index contributed by atoms with van der Waals surface area (Å²) in [5, 5.41) is 0. The lowest BCUT2D eigenvalue weighted by molar-refractivity contribution is 0.0763. The van der Waals surface area contributed by atoms with Gasteiger partial charge in [-0.05, 0) is 60.8 Å². The van der Waals surface area contributed by atoms with Crippen molar-refractivity contribution in [3.63, 3.8) is 0 Å². The third-order valence-corrected chi connectivity index (χ3v) is 5.33. The van der Waals surface area contributed by atoms with E-state index in [1.165, 1.54) is 5.56 Å². The molecule has 2 aromatic carbocycles. The Hall–Kier alpha value is -2.33. The van der Waals surface area contributed by atoms with Crippen LogP contribution in [0, 0.1) is 0 Å². The number of rotatable bonds is 4. The fourth-order valence-corrected chi connectivity index (χ4v) is 3.39. The summed E-state index contributed by atoms with van der Waals surface area (Å²) in [6, 6.07) is 16.1. The molecule has 1 heterocycles. The van der Waals surface area contributed by atoms with Crippen molar-refractivity contribution in [1.29, 1.82) is 0 Å². The molecule has 1 aliphatic heterocycles. The number of hydrogen-bond acceptors (Lipinski definition) is 3. The summed E-state index contributed by atoms with van der Waals surface area (Å²) in [4.78, 5) is 17.0. The predicted octanol–water partition coefficient (Wildman–Crippen LogP) is 4.34. The maximum absolute atomic E-state index is 12.7. The largest absolute Gasteiger partial charge is 0.489 e. The highest BCUT2D eigenvalue weighted by molar-refractivity contribution is 5.94. The van der Waals surface area contributed by atoms with Crippen LogP contribution >= 0.6 is 0 Å². The van der Waals surface area contributed by atoms with Gasteiger partial charge in [-0.1, -0.05) is 45.0 Å². The Morgan fingerprint density at radius 3 is 2.25 bits per heavy atom. The number of amides is 1. The first-order valence-electron chi connectivity index (χ1n) is 10.1. The van der Waals surface area contributed by atoms with Crippen LogP contribution in [0.5, 0.6) is 5.75 Å². The van der Waals surface area contributed by atoms with Crippen molar-refractivity contribution in [2.75, 3.05) is 33.2 Å². The van der Waals surface area contributed by atoms with Gasteiger partial charge in [-0.3, -0.25) is 4.79 Å². The summed E-state index contributed by atoms with van der Waals surface area (Å²) in [5.74, 6) is 0.988. The molecule has 2 aromatic rings. The molecule has 0 aliphatic carbocycles. The van der Waals surface area contributed by atoms with Crippen LogP contribution in [0.1, 0.15) is 48.7 Å². The molecule has 0 N–H and O–H groups in total. The Kier molecular flexibility index (Phi) is 6.40. The first-order chi connectivity index (χ1) is 13.3. The van der Waals surface area contributed by atoms with E-state index in [9.17, 15) is 4.79 Å². The fraction of sp³-hybridized carbons (Fsp3) is 0.458. The minimum atomic E-state index is 0.125. The van der Waals surface area contributed by atoms with Gasteiger partial charge >= 0.3 is 0 Å². The average Bonchev–Trinajstić information content (AvgIpc) is 2.90. The molecular formula is C24H32N2O2. The Labute approximate surface area is 169 Å². The standard InChI is InChI=1S/C24H32N2O2/c1-24(2,3)21-10-12-22(13-11-21)28-18-19-6-8-20(9-7-19)23(27)26-15-5-14-25(4)16-17-26/h6-13H,5,14-18H2,1-4H3. The lowest BCUT2D eigenvalue weighted by Gasteiger charge is -2.20. The van der Waals surface area contributed by atoms with Crippen molar-refractivity contribution in [2.45, 2.75) is 39.2 Å². The number of likely N-dealkylation sites (N-methyl/N-ethyl adjacent to an activating group) is 1.